The van der Waals surface area contributed by atoms with E-state index in [0.717, 1.165) is 28.1 Å². The smallest absolute Gasteiger partial charge is 0.223 e. The molecule has 0 aliphatic rings. The lowest BCUT2D eigenvalue weighted by molar-refractivity contribution is -0.129. The first kappa shape index (κ1) is 27.3. The van der Waals surface area contributed by atoms with E-state index in [1.54, 1.807) is 22.9 Å². The van der Waals surface area contributed by atoms with E-state index in [2.05, 4.69) is 58.7 Å². The second-order valence-corrected chi connectivity index (χ2v) is 11.0. The number of pyridine rings is 1. The molecule has 0 aliphatic carbocycles. The summed E-state index contributed by atoms with van der Waals surface area (Å²) >= 11 is 1.68. The van der Waals surface area contributed by atoms with Crippen molar-refractivity contribution in [2.24, 2.45) is 0 Å². The van der Waals surface area contributed by atoms with E-state index in [1.165, 1.54) is 0 Å². The largest absolute Gasteiger partial charge is 0.507 e. The number of phenolic OH excluding ortho intramolecular Hbond substituents is 1. The Kier molecular flexibility index (Phi) is 9.90. The Labute approximate surface area is 198 Å². The zero-order chi connectivity index (χ0) is 22.5. The van der Waals surface area contributed by atoms with Gasteiger partial charge in [-0.3, -0.25) is 9.78 Å². The minimum atomic E-state index is -0.151. The van der Waals surface area contributed by atoms with Gasteiger partial charge in [0, 0.05) is 60.1 Å². The van der Waals surface area contributed by atoms with Gasteiger partial charge >= 0.3 is 0 Å². The van der Waals surface area contributed by atoms with E-state index in [-0.39, 0.29) is 29.1 Å². The maximum absolute atomic E-state index is 12.5. The van der Waals surface area contributed by atoms with E-state index in [0.29, 0.717) is 24.5 Å². The Morgan fingerprint density at radius 2 is 1.65 bits per heavy atom. The molecular weight excluding hydrogens is 428 g/mol. The van der Waals surface area contributed by atoms with Crippen molar-refractivity contribution in [1.82, 2.24) is 9.88 Å². The molecule has 0 fully saturated rings. The van der Waals surface area contributed by atoms with E-state index >= 15 is 0 Å². The third-order valence-corrected chi connectivity index (χ3v) is 6.12. The minimum Gasteiger partial charge on any atom is -0.507 e. The van der Waals surface area contributed by atoms with Crippen LogP contribution in [0, 0.1) is 0 Å². The molecule has 0 saturated carbocycles. The maximum Gasteiger partial charge on any atom is 0.223 e. The number of nitrogens with zero attached hydrogens (tertiary/aromatic N) is 2. The van der Waals surface area contributed by atoms with Gasteiger partial charge < -0.3 is 10.0 Å². The lowest BCUT2D eigenvalue weighted by Crippen LogP contribution is -2.29. The molecular formula is C25H37ClN2O2S. The number of carbonyl (C=O) groups excluding carboxylic acids is 1. The molecule has 172 valence electrons. The third-order valence-electron chi connectivity index (χ3n) is 5.14. The van der Waals surface area contributed by atoms with Crippen molar-refractivity contribution in [1.29, 1.82) is 0 Å². The fourth-order valence-corrected chi connectivity index (χ4v) is 4.15. The lowest BCUT2D eigenvalue weighted by atomic mass is 9.79. The second-order valence-electron chi connectivity index (χ2n) is 9.85. The predicted octanol–water partition coefficient (Wildman–Crippen LogP) is 5.99. The predicted molar refractivity (Wildman–Crippen MR) is 134 cm³/mol. The Bertz CT molecular complexity index is 823. The number of amides is 1. The molecule has 1 heterocycles. The van der Waals surface area contributed by atoms with E-state index in [1.807, 2.05) is 25.2 Å². The highest BCUT2D eigenvalue weighted by atomic mass is 35.5. The second kappa shape index (κ2) is 11.2. The number of phenols is 1. The van der Waals surface area contributed by atoms with Crippen molar-refractivity contribution >= 4 is 30.1 Å². The number of aromatic nitrogens is 1. The quantitative estimate of drug-likeness (QED) is 0.511. The van der Waals surface area contributed by atoms with Gasteiger partial charge in [0.15, 0.2) is 0 Å². The summed E-state index contributed by atoms with van der Waals surface area (Å²) in [5.41, 5.74) is 2.61. The zero-order valence-corrected chi connectivity index (χ0v) is 21.5. The Balaban J connectivity index is 0.00000480. The lowest BCUT2D eigenvalue weighted by Gasteiger charge is -2.28. The Hall–Kier alpha value is -1.72. The van der Waals surface area contributed by atoms with Crippen LogP contribution in [0.5, 0.6) is 5.75 Å². The standard InChI is InChI=1S/C25H36N2O2S.ClH/c1-24(2,3)20-16-19(17-21(23(20)29)25(4,5)6)30-15-12-22(28)27(7)14-11-18-10-8-9-13-26-18;/h8-10,13,16-17,29H,11-12,14-15H2,1-7H3;1H. The van der Waals surface area contributed by atoms with Crippen molar-refractivity contribution < 1.29 is 9.90 Å². The number of thioether (sulfide) groups is 1. The third kappa shape index (κ3) is 8.04. The van der Waals surface area contributed by atoms with Gasteiger partial charge in [0.2, 0.25) is 5.91 Å². The molecule has 0 radical (unpaired) electrons. The molecule has 0 aliphatic heterocycles. The van der Waals surface area contributed by atoms with Gasteiger partial charge in [-0.15, -0.1) is 24.2 Å². The van der Waals surface area contributed by atoms with Crippen LogP contribution in [0.1, 0.15) is 64.8 Å². The van der Waals surface area contributed by atoms with Crippen molar-refractivity contribution in [3.8, 4) is 5.75 Å². The van der Waals surface area contributed by atoms with Crippen molar-refractivity contribution in [3.63, 3.8) is 0 Å². The summed E-state index contributed by atoms with van der Waals surface area (Å²) in [6.07, 6.45) is 3.03. The van der Waals surface area contributed by atoms with Gasteiger partial charge in [0.05, 0.1) is 0 Å². The van der Waals surface area contributed by atoms with Crippen LogP contribution in [0.15, 0.2) is 41.4 Å². The summed E-state index contributed by atoms with van der Waals surface area (Å²) in [7, 11) is 1.85. The van der Waals surface area contributed by atoms with Crippen LogP contribution in [0.25, 0.3) is 0 Å². The number of rotatable bonds is 7. The van der Waals surface area contributed by atoms with Gasteiger partial charge in [-0.1, -0.05) is 47.6 Å². The molecule has 0 unspecified atom stereocenters. The molecule has 4 nitrogen and oxygen atoms in total. The minimum absolute atomic E-state index is 0. The van der Waals surface area contributed by atoms with Crippen LogP contribution in [0.2, 0.25) is 0 Å². The fraction of sp³-hybridized carbons (Fsp3) is 0.520. The van der Waals surface area contributed by atoms with Gasteiger partial charge in [-0.05, 0) is 35.1 Å². The van der Waals surface area contributed by atoms with Crippen LogP contribution in [0.3, 0.4) is 0 Å². The van der Waals surface area contributed by atoms with E-state index in [9.17, 15) is 9.90 Å². The molecule has 2 rings (SSSR count). The molecule has 0 saturated heterocycles. The number of carbonyl (C=O) groups is 1. The average molecular weight is 465 g/mol. The Morgan fingerprint density at radius 1 is 1.06 bits per heavy atom. The summed E-state index contributed by atoms with van der Waals surface area (Å²) in [6, 6.07) is 10.00. The molecule has 0 bridgehead atoms. The molecule has 6 heteroatoms. The Morgan fingerprint density at radius 3 is 2.13 bits per heavy atom. The fourth-order valence-electron chi connectivity index (χ4n) is 3.23. The molecule has 0 atom stereocenters. The number of hydrogen-bond donors (Lipinski definition) is 1. The molecule has 1 aromatic carbocycles. The molecule has 1 amide bonds. The van der Waals surface area contributed by atoms with Gasteiger partial charge in [-0.25, -0.2) is 0 Å². The average Bonchev–Trinajstić information content (AvgIpc) is 2.66. The van der Waals surface area contributed by atoms with Crippen molar-refractivity contribution in [2.75, 3.05) is 19.3 Å². The molecule has 1 N–H and O–H groups in total. The first-order chi connectivity index (χ1) is 13.9. The van der Waals surface area contributed by atoms with E-state index in [4.69, 9.17) is 0 Å². The van der Waals surface area contributed by atoms with Crippen LogP contribution < -0.4 is 0 Å². The van der Waals surface area contributed by atoms with E-state index < -0.39 is 0 Å². The summed E-state index contributed by atoms with van der Waals surface area (Å²) in [6.45, 7) is 13.4. The SMILES string of the molecule is CN(CCc1ccccn1)C(=O)CCSc1cc(C(C)(C)C)c(O)c(C(C)(C)C)c1.Cl. The molecule has 31 heavy (non-hydrogen) atoms. The highest BCUT2D eigenvalue weighted by Crippen LogP contribution is 2.41. The molecule has 0 spiro atoms. The number of halogens is 1. The topological polar surface area (TPSA) is 53.4 Å². The van der Waals surface area contributed by atoms with Gasteiger partial charge in [0.25, 0.3) is 0 Å². The van der Waals surface area contributed by atoms with Crippen LogP contribution >= 0.6 is 24.2 Å². The summed E-state index contributed by atoms with van der Waals surface area (Å²) in [5.74, 6) is 1.25. The van der Waals surface area contributed by atoms with Gasteiger partial charge in [-0.2, -0.15) is 0 Å². The molecule has 2 aromatic rings. The van der Waals surface area contributed by atoms with Gasteiger partial charge in [0.1, 0.15) is 5.75 Å². The number of aromatic hydroxyl groups is 1. The van der Waals surface area contributed by atoms with Crippen LogP contribution in [-0.4, -0.2) is 40.2 Å². The summed E-state index contributed by atoms with van der Waals surface area (Å²) < 4.78 is 0. The summed E-state index contributed by atoms with van der Waals surface area (Å²) in [5, 5.41) is 10.8. The van der Waals surface area contributed by atoms with Crippen LogP contribution in [0.4, 0.5) is 0 Å². The number of benzene rings is 1. The van der Waals surface area contributed by atoms with Crippen LogP contribution in [-0.2, 0) is 22.0 Å². The first-order valence-electron chi connectivity index (χ1n) is 10.5. The number of likely N-dealkylation sites (N-methyl/N-ethyl adjacent to an activating group) is 1. The van der Waals surface area contributed by atoms with Crippen molar-refractivity contribution in [3.05, 3.63) is 53.3 Å². The highest BCUT2D eigenvalue weighted by Gasteiger charge is 2.26. The normalized spacial score (nSPS) is 11.7. The first-order valence-corrected chi connectivity index (χ1v) is 11.5. The monoisotopic (exact) mass is 464 g/mol. The molecule has 1 aromatic heterocycles. The number of hydrogen-bond acceptors (Lipinski definition) is 4. The van der Waals surface area contributed by atoms with Crippen molar-refractivity contribution in [2.45, 2.75) is 70.1 Å². The highest BCUT2D eigenvalue weighted by molar-refractivity contribution is 7.99. The summed E-state index contributed by atoms with van der Waals surface area (Å²) in [4.78, 5) is 19.7. The maximum atomic E-state index is 12.5. The zero-order valence-electron chi connectivity index (χ0n) is 19.9.